The number of aliphatic hydroxyl groups is 1. The normalized spacial score (nSPS) is 19.1. The van der Waals surface area contributed by atoms with Crippen LogP contribution in [0.2, 0.25) is 0 Å². The van der Waals surface area contributed by atoms with E-state index in [0.717, 1.165) is 35.9 Å². The molecule has 208 valence electrons. The summed E-state index contributed by atoms with van der Waals surface area (Å²) in [6.07, 6.45) is 5.72. The van der Waals surface area contributed by atoms with Crippen molar-refractivity contribution in [2.75, 3.05) is 26.9 Å². The number of esters is 1. The molecule has 2 N–H and O–H groups in total. The van der Waals surface area contributed by atoms with Crippen LogP contribution in [0.1, 0.15) is 25.3 Å². The topological polar surface area (TPSA) is 111 Å². The zero-order valence-electron chi connectivity index (χ0n) is 22.4. The molecule has 40 heavy (non-hydrogen) atoms. The monoisotopic (exact) mass is 561 g/mol. The summed E-state index contributed by atoms with van der Waals surface area (Å²) in [4.78, 5) is 30.6. The van der Waals surface area contributed by atoms with Gasteiger partial charge in [-0.3, -0.25) is 4.79 Å². The van der Waals surface area contributed by atoms with Crippen molar-refractivity contribution in [2.45, 2.75) is 32.4 Å². The third-order valence-corrected chi connectivity index (χ3v) is 7.66. The summed E-state index contributed by atoms with van der Waals surface area (Å²) >= 11 is 1.19. The SMILES string of the molecule is CCOC(=O)C1=C(O)/C(=C/c2cn(CC(=O)NC[C@@H]3CCCO3)c3ccccc23)SC1=Nc1ccc(OC)cc1. The fourth-order valence-corrected chi connectivity index (χ4v) is 5.70. The van der Waals surface area contributed by atoms with Crippen LogP contribution in [0.5, 0.6) is 5.75 Å². The van der Waals surface area contributed by atoms with E-state index in [9.17, 15) is 14.7 Å². The number of aliphatic imine (C=N–C) groups is 1. The molecule has 2 aliphatic rings. The van der Waals surface area contributed by atoms with E-state index in [2.05, 4.69) is 10.3 Å². The third kappa shape index (κ3) is 6.08. The van der Waals surface area contributed by atoms with Gasteiger partial charge in [0.15, 0.2) is 0 Å². The molecule has 1 atom stereocenters. The lowest BCUT2D eigenvalue weighted by molar-refractivity contribution is -0.138. The minimum absolute atomic E-state index is 0.0196. The average molecular weight is 562 g/mol. The summed E-state index contributed by atoms with van der Waals surface area (Å²) in [6, 6.07) is 14.8. The van der Waals surface area contributed by atoms with Gasteiger partial charge in [0.25, 0.3) is 0 Å². The van der Waals surface area contributed by atoms with E-state index in [-0.39, 0.29) is 36.5 Å². The second-order valence-electron chi connectivity index (χ2n) is 9.34. The molecule has 0 radical (unpaired) electrons. The van der Waals surface area contributed by atoms with Crippen molar-refractivity contribution in [1.82, 2.24) is 9.88 Å². The average Bonchev–Trinajstić information content (AvgIpc) is 3.67. The highest BCUT2D eigenvalue weighted by atomic mass is 32.2. The Morgan fingerprint density at radius 2 is 2.02 bits per heavy atom. The first-order valence-corrected chi connectivity index (χ1v) is 14.0. The molecule has 0 unspecified atom stereocenters. The second kappa shape index (κ2) is 12.4. The molecule has 1 aromatic heterocycles. The number of carbonyl (C=O) groups excluding carboxylic acids is 2. The van der Waals surface area contributed by atoms with Gasteiger partial charge >= 0.3 is 5.97 Å². The molecule has 9 nitrogen and oxygen atoms in total. The standard InChI is InChI=1S/C30H31N3O6S/c1-3-38-30(36)27-28(35)25(40-29(27)32-20-10-12-21(37-2)13-11-20)15-19-17-33(24-9-5-4-8-23(19)24)18-26(34)31-16-22-7-6-14-39-22/h4-5,8-13,15,17,22,35H,3,6-7,14,16,18H2,1-2H3,(H,31,34)/b25-15-,32-29?/t22-/m0/s1. The molecule has 1 amide bonds. The Labute approximate surface area is 236 Å². The highest BCUT2D eigenvalue weighted by molar-refractivity contribution is 8.18. The molecule has 5 rings (SSSR count). The molecule has 0 spiro atoms. The number of hydrogen-bond acceptors (Lipinski definition) is 8. The fraction of sp³-hybridized carbons (Fsp3) is 0.300. The summed E-state index contributed by atoms with van der Waals surface area (Å²) in [5.74, 6) is -0.258. The van der Waals surface area contributed by atoms with Gasteiger partial charge in [-0.15, -0.1) is 0 Å². The number of nitrogens with one attached hydrogen (secondary N) is 1. The van der Waals surface area contributed by atoms with Gasteiger partial charge in [0.05, 0.1) is 30.4 Å². The fourth-order valence-electron chi connectivity index (χ4n) is 4.67. The largest absolute Gasteiger partial charge is 0.506 e. The lowest BCUT2D eigenvalue weighted by Gasteiger charge is -2.11. The summed E-state index contributed by atoms with van der Waals surface area (Å²) in [7, 11) is 1.58. The smallest absolute Gasteiger partial charge is 0.344 e. The number of benzene rings is 2. The number of rotatable bonds is 9. The van der Waals surface area contributed by atoms with Crippen molar-refractivity contribution in [3.63, 3.8) is 0 Å². The number of thioether (sulfide) groups is 1. The maximum atomic E-state index is 12.8. The second-order valence-corrected chi connectivity index (χ2v) is 10.4. The van der Waals surface area contributed by atoms with Crippen LogP contribution in [0.25, 0.3) is 17.0 Å². The van der Waals surface area contributed by atoms with Gasteiger partial charge in [-0.05, 0) is 56.2 Å². The Balaban J connectivity index is 1.45. The first kappa shape index (κ1) is 27.5. The van der Waals surface area contributed by atoms with E-state index in [4.69, 9.17) is 14.2 Å². The van der Waals surface area contributed by atoms with Gasteiger partial charge in [0.2, 0.25) is 5.91 Å². The number of ether oxygens (including phenoxy) is 3. The van der Waals surface area contributed by atoms with Crippen molar-refractivity contribution in [3.05, 3.63) is 76.5 Å². The van der Waals surface area contributed by atoms with E-state index < -0.39 is 5.97 Å². The molecule has 1 fully saturated rings. The minimum Gasteiger partial charge on any atom is -0.506 e. The highest BCUT2D eigenvalue weighted by Crippen LogP contribution is 2.41. The zero-order valence-corrected chi connectivity index (χ0v) is 23.2. The maximum absolute atomic E-state index is 12.8. The van der Waals surface area contributed by atoms with Gasteiger partial charge in [-0.25, -0.2) is 9.79 Å². The van der Waals surface area contributed by atoms with Crippen LogP contribution >= 0.6 is 11.8 Å². The van der Waals surface area contributed by atoms with Crippen LogP contribution in [0.3, 0.4) is 0 Å². The van der Waals surface area contributed by atoms with E-state index >= 15 is 0 Å². The number of nitrogens with zero attached hydrogens (tertiary/aromatic N) is 2. The quantitative estimate of drug-likeness (QED) is 0.348. The van der Waals surface area contributed by atoms with Gasteiger partial charge in [0, 0.05) is 35.8 Å². The number of hydrogen-bond donors (Lipinski definition) is 2. The number of aliphatic hydroxyl groups excluding tert-OH is 1. The van der Waals surface area contributed by atoms with E-state index in [1.807, 2.05) is 35.0 Å². The summed E-state index contributed by atoms with van der Waals surface area (Å²) in [6.45, 7) is 3.25. The van der Waals surface area contributed by atoms with Crippen molar-refractivity contribution in [3.8, 4) is 5.75 Å². The molecule has 2 aromatic carbocycles. The van der Waals surface area contributed by atoms with Crippen LogP contribution in [0.15, 0.2) is 76.0 Å². The van der Waals surface area contributed by atoms with Crippen molar-refractivity contribution >= 4 is 51.3 Å². The molecule has 0 aliphatic carbocycles. The molecule has 1 saturated heterocycles. The Hall–Kier alpha value is -4.02. The molecule has 3 heterocycles. The molecule has 2 aliphatic heterocycles. The van der Waals surface area contributed by atoms with Crippen LogP contribution < -0.4 is 10.1 Å². The highest BCUT2D eigenvalue weighted by Gasteiger charge is 2.33. The molecule has 0 bridgehead atoms. The number of aromatic nitrogens is 1. The van der Waals surface area contributed by atoms with Crippen LogP contribution in [-0.2, 0) is 25.6 Å². The molecule has 10 heteroatoms. The molecule has 0 saturated carbocycles. The van der Waals surface area contributed by atoms with Gasteiger partial charge in [-0.2, -0.15) is 0 Å². The van der Waals surface area contributed by atoms with Gasteiger partial charge in [-0.1, -0.05) is 30.0 Å². The number of para-hydroxylation sites is 1. The van der Waals surface area contributed by atoms with Crippen molar-refractivity contribution < 1.29 is 28.9 Å². The van der Waals surface area contributed by atoms with Gasteiger partial charge < -0.3 is 29.2 Å². The van der Waals surface area contributed by atoms with Crippen molar-refractivity contribution in [1.29, 1.82) is 0 Å². The number of fused-ring (bicyclic) bond motifs is 1. The predicted octanol–water partition coefficient (Wildman–Crippen LogP) is 5.14. The summed E-state index contributed by atoms with van der Waals surface area (Å²) in [5.41, 5.74) is 2.30. The summed E-state index contributed by atoms with van der Waals surface area (Å²) < 4.78 is 17.9. The van der Waals surface area contributed by atoms with Crippen molar-refractivity contribution in [2.24, 2.45) is 4.99 Å². The zero-order chi connectivity index (χ0) is 28.1. The maximum Gasteiger partial charge on any atom is 0.344 e. The summed E-state index contributed by atoms with van der Waals surface area (Å²) in [5, 5.41) is 15.4. The minimum atomic E-state index is -0.645. The Kier molecular flexibility index (Phi) is 8.57. The number of carbonyl (C=O) groups is 2. The van der Waals surface area contributed by atoms with Gasteiger partial charge in [0.1, 0.15) is 28.7 Å². The molecular formula is C30H31N3O6S. The Bertz CT molecular complexity index is 1500. The van der Waals surface area contributed by atoms with E-state index in [0.29, 0.717) is 27.9 Å². The lowest BCUT2D eigenvalue weighted by atomic mass is 10.1. The lowest BCUT2D eigenvalue weighted by Crippen LogP contribution is -2.34. The first-order valence-electron chi connectivity index (χ1n) is 13.2. The molecular weight excluding hydrogens is 530 g/mol. The number of amides is 1. The van der Waals surface area contributed by atoms with E-state index in [1.165, 1.54) is 11.8 Å². The Morgan fingerprint density at radius 1 is 1.23 bits per heavy atom. The van der Waals surface area contributed by atoms with Crippen LogP contribution in [0, 0.1) is 0 Å². The third-order valence-electron chi connectivity index (χ3n) is 6.64. The van der Waals surface area contributed by atoms with E-state index in [1.54, 1.807) is 44.4 Å². The Morgan fingerprint density at radius 3 is 2.75 bits per heavy atom. The predicted molar refractivity (Wildman–Crippen MR) is 156 cm³/mol. The van der Waals surface area contributed by atoms with Crippen LogP contribution in [-0.4, -0.2) is 59.6 Å². The first-order chi connectivity index (χ1) is 19.5. The molecule has 3 aromatic rings. The van der Waals surface area contributed by atoms with Crippen LogP contribution in [0.4, 0.5) is 5.69 Å². The number of methoxy groups -OCH3 is 1.